The Morgan fingerprint density at radius 2 is 1.89 bits per heavy atom. The number of allylic oxidation sites excluding steroid dienone is 1. The van der Waals surface area contributed by atoms with Gasteiger partial charge in [0.25, 0.3) is 17.5 Å². The summed E-state index contributed by atoms with van der Waals surface area (Å²) in [4.78, 5) is 27.7. The average Bonchev–Trinajstić information content (AvgIpc) is 3.31. The number of nitro benzene ring substituents is 1. The van der Waals surface area contributed by atoms with Crippen LogP contribution in [0.1, 0.15) is 27.5 Å². The van der Waals surface area contributed by atoms with Gasteiger partial charge >= 0.3 is 0 Å². The van der Waals surface area contributed by atoms with Crippen LogP contribution in [0.2, 0.25) is 5.02 Å². The van der Waals surface area contributed by atoms with Crippen molar-refractivity contribution < 1.29 is 14.5 Å². The number of rotatable bonds is 6. The molecule has 0 bridgehead atoms. The van der Waals surface area contributed by atoms with Crippen molar-refractivity contribution in [1.82, 2.24) is 14.8 Å². The van der Waals surface area contributed by atoms with E-state index in [-0.39, 0.29) is 23.2 Å². The van der Waals surface area contributed by atoms with E-state index in [1.807, 2.05) is 42.5 Å². The minimum Gasteiger partial charge on any atom is -0.497 e. The number of hydrogen-bond donors (Lipinski definition) is 2. The largest absolute Gasteiger partial charge is 0.497 e. The Balaban J connectivity index is 1.49. The minimum atomic E-state index is -0.562. The molecule has 5 rings (SSSR count). The van der Waals surface area contributed by atoms with E-state index in [0.717, 1.165) is 22.6 Å². The van der Waals surface area contributed by atoms with Crippen molar-refractivity contribution in [3.05, 3.63) is 111 Å². The van der Waals surface area contributed by atoms with Crippen molar-refractivity contribution in [2.24, 2.45) is 0 Å². The first-order valence-electron chi connectivity index (χ1n) is 10.8. The highest BCUT2D eigenvalue weighted by Crippen LogP contribution is 2.34. The number of aromatic nitrogens is 3. The van der Waals surface area contributed by atoms with Crippen molar-refractivity contribution >= 4 is 40.8 Å². The number of nitrogens with zero attached hydrogens (tertiary/aromatic N) is 4. The summed E-state index contributed by atoms with van der Waals surface area (Å²) in [5, 5.41) is 22.1. The van der Waals surface area contributed by atoms with Crippen LogP contribution in [0, 0.1) is 10.1 Å². The van der Waals surface area contributed by atoms with Gasteiger partial charge in [-0.1, -0.05) is 41.9 Å². The Hall–Kier alpha value is -4.70. The number of halogens is 1. The van der Waals surface area contributed by atoms with Gasteiger partial charge in [0.2, 0.25) is 5.95 Å². The zero-order chi connectivity index (χ0) is 25.2. The normalized spacial score (nSPS) is 14.3. The quantitative estimate of drug-likeness (QED) is 0.276. The Kier molecular flexibility index (Phi) is 6.09. The van der Waals surface area contributed by atoms with Crippen molar-refractivity contribution in [2.75, 3.05) is 17.7 Å². The molecule has 36 heavy (non-hydrogen) atoms. The molecule has 3 aromatic carbocycles. The maximum absolute atomic E-state index is 12.8. The molecule has 4 aromatic rings. The fourth-order valence-corrected chi connectivity index (χ4v) is 3.94. The zero-order valence-electron chi connectivity index (χ0n) is 18.9. The monoisotopic (exact) mass is 502 g/mol. The van der Waals surface area contributed by atoms with Crippen LogP contribution >= 0.6 is 11.6 Å². The molecule has 0 radical (unpaired) electrons. The maximum Gasteiger partial charge on any atom is 0.270 e. The summed E-state index contributed by atoms with van der Waals surface area (Å²) >= 11 is 6.06. The number of carbonyl (C=O) groups excluding carboxylic acids is 1. The van der Waals surface area contributed by atoms with Gasteiger partial charge in [0.05, 0.1) is 12.0 Å². The molecule has 1 aromatic heterocycles. The molecule has 1 aliphatic rings. The zero-order valence-corrected chi connectivity index (χ0v) is 19.6. The SMILES string of the molecule is COc1ccc(C2C=C(c3ccc(Cl)cc3)Nc3nc(NC(=O)c4cccc([N+](=O)[O-])c4)nn32)cc1. The molecule has 180 valence electrons. The highest BCUT2D eigenvalue weighted by atomic mass is 35.5. The van der Waals surface area contributed by atoms with E-state index in [1.54, 1.807) is 23.9 Å². The topological polar surface area (TPSA) is 124 Å². The van der Waals surface area contributed by atoms with Gasteiger partial charge in [-0.2, -0.15) is 4.98 Å². The third-order valence-electron chi connectivity index (χ3n) is 5.62. The molecule has 1 aliphatic heterocycles. The lowest BCUT2D eigenvalue weighted by Gasteiger charge is -2.24. The van der Waals surface area contributed by atoms with Crippen LogP contribution in [0.5, 0.6) is 5.75 Å². The van der Waals surface area contributed by atoms with Gasteiger partial charge in [-0.25, -0.2) is 4.68 Å². The van der Waals surface area contributed by atoms with Gasteiger partial charge in [0.15, 0.2) is 0 Å². The number of fused-ring (bicyclic) bond motifs is 1. The first-order chi connectivity index (χ1) is 17.4. The lowest BCUT2D eigenvalue weighted by molar-refractivity contribution is -0.384. The maximum atomic E-state index is 12.8. The number of anilines is 2. The van der Waals surface area contributed by atoms with Gasteiger partial charge in [-0.3, -0.25) is 20.2 Å². The van der Waals surface area contributed by atoms with E-state index in [9.17, 15) is 14.9 Å². The molecule has 0 fully saturated rings. The number of hydrogen-bond acceptors (Lipinski definition) is 7. The van der Waals surface area contributed by atoms with Gasteiger partial charge < -0.3 is 10.1 Å². The molecule has 0 spiro atoms. The second kappa shape index (κ2) is 9.51. The summed E-state index contributed by atoms with van der Waals surface area (Å²) in [6, 6.07) is 20.1. The number of amides is 1. The van der Waals surface area contributed by atoms with E-state index in [4.69, 9.17) is 16.3 Å². The molecular weight excluding hydrogens is 484 g/mol. The van der Waals surface area contributed by atoms with Crippen LogP contribution in [-0.2, 0) is 0 Å². The molecule has 2 N–H and O–H groups in total. The second-order valence-electron chi connectivity index (χ2n) is 7.90. The van der Waals surface area contributed by atoms with Crippen molar-refractivity contribution in [3.63, 3.8) is 0 Å². The lowest BCUT2D eigenvalue weighted by atomic mass is 10.0. The van der Waals surface area contributed by atoms with Crippen LogP contribution in [0.25, 0.3) is 5.70 Å². The fraction of sp³-hybridized carbons (Fsp3) is 0.0800. The first kappa shape index (κ1) is 23.1. The summed E-state index contributed by atoms with van der Waals surface area (Å²) in [5.74, 6) is 0.628. The van der Waals surface area contributed by atoms with Crippen molar-refractivity contribution in [2.45, 2.75) is 6.04 Å². The number of carbonyl (C=O) groups is 1. The molecular formula is C25H19ClN6O4. The Bertz CT molecular complexity index is 1480. The molecule has 1 atom stereocenters. The van der Waals surface area contributed by atoms with Gasteiger partial charge in [0, 0.05) is 28.4 Å². The number of ether oxygens (including phenoxy) is 1. The summed E-state index contributed by atoms with van der Waals surface area (Å²) in [6.07, 6.45) is 2.00. The van der Waals surface area contributed by atoms with E-state index < -0.39 is 10.8 Å². The number of benzene rings is 3. The average molecular weight is 503 g/mol. The van der Waals surface area contributed by atoms with E-state index >= 15 is 0 Å². The highest BCUT2D eigenvalue weighted by Gasteiger charge is 2.26. The lowest BCUT2D eigenvalue weighted by Crippen LogP contribution is -2.20. The Labute approximate surface area is 210 Å². The van der Waals surface area contributed by atoms with E-state index in [2.05, 4.69) is 20.7 Å². The van der Waals surface area contributed by atoms with Crippen molar-refractivity contribution in [3.8, 4) is 5.75 Å². The van der Waals surface area contributed by atoms with Crippen molar-refractivity contribution in [1.29, 1.82) is 0 Å². The first-order valence-corrected chi connectivity index (χ1v) is 11.2. The van der Waals surface area contributed by atoms with Crippen LogP contribution in [-0.4, -0.2) is 32.7 Å². The number of non-ortho nitro benzene ring substituents is 1. The van der Waals surface area contributed by atoms with Crippen LogP contribution in [0.3, 0.4) is 0 Å². The number of nitrogens with one attached hydrogen (secondary N) is 2. The van der Waals surface area contributed by atoms with Crippen LogP contribution < -0.4 is 15.4 Å². The molecule has 0 saturated heterocycles. The van der Waals surface area contributed by atoms with Crippen LogP contribution in [0.15, 0.2) is 78.9 Å². The fourth-order valence-electron chi connectivity index (χ4n) is 3.82. The van der Waals surface area contributed by atoms with Gasteiger partial charge in [-0.05, 0) is 47.5 Å². The second-order valence-corrected chi connectivity index (χ2v) is 8.33. The number of nitro groups is 1. The smallest absolute Gasteiger partial charge is 0.270 e. The molecule has 11 heteroatoms. The van der Waals surface area contributed by atoms with Gasteiger partial charge in [0.1, 0.15) is 11.8 Å². The molecule has 0 saturated carbocycles. The molecule has 0 aliphatic carbocycles. The van der Waals surface area contributed by atoms with Crippen LogP contribution in [0.4, 0.5) is 17.6 Å². The third-order valence-corrected chi connectivity index (χ3v) is 5.87. The molecule has 10 nitrogen and oxygen atoms in total. The Morgan fingerprint density at radius 1 is 1.14 bits per heavy atom. The standard InChI is InChI=1S/C25H19ClN6O4/c1-36-20-11-7-16(8-12-20)22-14-21(15-5-9-18(26)10-6-15)27-25-29-24(30-31(22)25)28-23(33)17-3-2-4-19(13-17)32(34)35/h2-14,22H,1H3,(H2,27,28,29,30,33). The predicted molar refractivity (Wildman–Crippen MR) is 135 cm³/mol. The summed E-state index contributed by atoms with van der Waals surface area (Å²) in [6.45, 7) is 0. The number of methoxy groups -OCH3 is 1. The molecule has 1 unspecified atom stereocenters. The minimum absolute atomic E-state index is 0.0540. The van der Waals surface area contributed by atoms with E-state index in [1.165, 1.54) is 24.3 Å². The summed E-state index contributed by atoms with van der Waals surface area (Å²) in [7, 11) is 1.60. The molecule has 2 heterocycles. The Morgan fingerprint density at radius 3 is 2.58 bits per heavy atom. The van der Waals surface area contributed by atoms with E-state index in [0.29, 0.717) is 11.0 Å². The third kappa shape index (κ3) is 4.62. The highest BCUT2D eigenvalue weighted by molar-refractivity contribution is 6.30. The summed E-state index contributed by atoms with van der Waals surface area (Å²) < 4.78 is 6.93. The molecule has 1 amide bonds. The predicted octanol–water partition coefficient (Wildman–Crippen LogP) is 5.16. The van der Waals surface area contributed by atoms with Gasteiger partial charge in [-0.15, -0.1) is 5.10 Å². The summed E-state index contributed by atoms with van der Waals surface area (Å²) in [5.41, 5.74) is 2.55.